The molecule has 0 spiro atoms. The summed E-state index contributed by atoms with van der Waals surface area (Å²) in [7, 11) is 0. The Labute approximate surface area is 155 Å². The van der Waals surface area contributed by atoms with Crippen LogP contribution < -0.4 is 0 Å². The van der Waals surface area contributed by atoms with Gasteiger partial charge in [0.1, 0.15) is 0 Å². The van der Waals surface area contributed by atoms with Gasteiger partial charge in [0, 0.05) is 31.6 Å². The largest absolute Gasteiger partial charge is 0.379 e. The van der Waals surface area contributed by atoms with Crippen molar-refractivity contribution in [3.63, 3.8) is 0 Å². The molecule has 1 heterocycles. The molecule has 0 saturated carbocycles. The van der Waals surface area contributed by atoms with E-state index in [-0.39, 0.29) is 0 Å². The maximum absolute atomic E-state index is 5.44. The van der Waals surface area contributed by atoms with Crippen LogP contribution in [0.1, 0.15) is 16.7 Å². The van der Waals surface area contributed by atoms with E-state index in [2.05, 4.69) is 77.4 Å². The summed E-state index contributed by atoms with van der Waals surface area (Å²) >= 11 is 0. The molecule has 3 aromatic rings. The van der Waals surface area contributed by atoms with Gasteiger partial charge in [-0.05, 0) is 40.1 Å². The molecule has 1 aliphatic heterocycles. The molecule has 1 fully saturated rings. The highest BCUT2D eigenvalue weighted by Crippen LogP contribution is 2.19. The topological polar surface area (TPSA) is 12.5 Å². The minimum absolute atomic E-state index is 0.788. The lowest BCUT2D eigenvalue weighted by atomic mass is 10.0. The number of fused-ring (bicyclic) bond motifs is 1. The number of hydrogen-bond donors (Lipinski definition) is 0. The minimum Gasteiger partial charge on any atom is -0.379 e. The number of hydrogen-bond acceptors (Lipinski definition) is 2. The molecule has 0 aromatic heterocycles. The smallest absolute Gasteiger partial charge is 0.0594 e. The summed E-state index contributed by atoms with van der Waals surface area (Å²) in [4.78, 5) is 2.45. The van der Waals surface area contributed by atoms with Gasteiger partial charge in [0.2, 0.25) is 0 Å². The van der Waals surface area contributed by atoms with Gasteiger partial charge < -0.3 is 4.74 Å². The fourth-order valence-electron chi connectivity index (χ4n) is 3.33. The van der Waals surface area contributed by atoms with Gasteiger partial charge in [-0.1, -0.05) is 60.4 Å². The summed E-state index contributed by atoms with van der Waals surface area (Å²) in [6, 6.07) is 23.6. The van der Waals surface area contributed by atoms with Gasteiger partial charge >= 0.3 is 0 Å². The van der Waals surface area contributed by atoms with Crippen molar-refractivity contribution in [3.8, 4) is 11.8 Å². The zero-order valence-corrected chi connectivity index (χ0v) is 14.9. The Morgan fingerprint density at radius 1 is 0.808 bits per heavy atom. The fraction of sp³-hybridized carbons (Fsp3) is 0.250. The van der Waals surface area contributed by atoms with Crippen LogP contribution in [0.2, 0.25) is 0 Å². The standard InChI is InChI=1S/C24H23NO/c1-2-5-20(6-3-1)7-4-8-21-9-11-23-12-10-22(18-24(23)17-21)19-25-13-15-26-16-14-25/h1-3,5-6,9-12,17-18H,7,13-16,19H2. The van der Waals surface area contributed by atoms with E-state index in [1.807, 2.05) is 6.07 Å². The van der Waals surface area contributed by atoms with Gasteiger partial charge in [-0.2, -0.15) is 0 Å². The Bertz CT molecular complexity index is 931. The van der Waals surface area contributed by atoms with E-state index >= 15 is 0 Å². The molecule has 2 heteroatoms. The zero-order chi connectivity index (χ0) is 17.6. The quantitative estimate of drug-likeness (QED) is 0.660. The number of rotatable bonds is 3. The Morgan fingerprint density at radius 2 is 1.62 bits per heavy atom. The highest BCUT2D eigenvalue weighted by atomic mass is 16.5. The molecule has 0 radical (unpaired) electrons. The maximum Gasteiger partial charge on any atom is 0.0594 e. The summed E-state index contributed by atoms with van der Waals surface area (Å²) in [5, 5.41) is 2.53. The number of benzene rings is 3. The van der Waals surface area contributed by atoms with Crippen LogP contribution in [0.25, 0.3) is 10.8 Å². The molecular weight excluding hydrogens is 318 g/mol. The summed E-state index contributed by atoms with van der Waals surface area (Å²) in [5.41, 5.74) is 3.69. The molecular formula is C24H23NO. The molecule has 0 amide bonds. The van der Waals surface area contributed by atoms with Crippen LogP contribution in [-0.4, -0.2) is 31.2 Å². The van der Waals surface area contributed by atoms with Crippen molar-refractivity contribution in [1.29, 1.82) is 0 Å². The Kier molecular flexibility index (Phi) is 5.30. The van der Waals surface area contributed by atoms with Gasteiger partial charge in [0.15, 0.2) is 0 Å². The first-order valence-corrected chi connectivity index (χ1v) is 9.22. The summed E-state index contributed by atoms with van der Waals surface area (Å²) in [6.07, 6.45) is 0.788. The SMILES string of the molecule is C(#Cc1ccc2ccc(CN3CCOCC3)cc2c1)Cc1ccccc1. The van der Waals surface area contributed by atoms with E-state index in [4.69, 9.17) is 4.74 Å². The Morgan fingerprint density at radius 3 is 2.46 bits per heavy atom. The average molecular weight is 341 g/mol. The first-order chi connectivity index (χ1) is 12.9. The molecule has 26 heavy (non-hydrogen) atoms. The zero-order valence-electron chi connectivity index (χ0n) is 14.9. The molecule has 130 valence electrons. The molecule has 0 unspecified atom stereocenters. The predicted molar refractivity (Wildman–Crippen MR) is 107 cm³/mol. The minimum atomic E-state index is 0.788. The average Bonchev–Trinajstić information content (AvgIpc) is 2.69. The van der Waals surface area contributed by atoms with Crippen LogP contribution in [0, 0.1) is 11.8 Å². The third kappa shape index (κ3) is 4.32. The van der Waals surface area contributed by atoms with E-state index < -0.39 is 0 Å². The van der Waals surface area contributed by atoms with Crippen molar-refractivity contribution in [1.82, 2.24) is 4.90 Å². The fourth-order valence-corrected chi connectivity index (χ4v) is 3.33. The second kappa shape index (κ2) is 8.19. The third-order valence-corrected chi connectivity index (χ3v) is 4.78. The van der Waals surface area contributed by atoms with Crippen molar-refractivity contribution in [2.75, 3.05) is 26.3 Å². The van der Waals surface area contributed by atoms with Crippen molar-refractivity contribution < 1.29 is 4.74 Å². The van der Waals surface area contributed by atoms with E-state index in [0.717, 1.165) is 44.8 Å². The van der Waals surface area contributed by atoms with E-state index in [1.165, 1.54) is 21.9 Å². The van der Waals surface area contributed by atoms with E-state index in [9.17, 15) is 0 Å². The van der Waals surface area contributed by atoms with Crippen LogP contribution in [0.15, 0.2) is 66.7 Å². The molecule has 0 bridgehead atoms. The lowest BCUT2D eigenvalue weighted by Crippen LogP contribution is -2.35. The number of ether oxygens (including phenoxy) is 1. The summed E-state index contributed by atoms with van der Waals surface area (Å²) in [5.74, 6) is 6.60. The monoisotopic (exact) mass is 341 g/mol. The van der Waals surface area contributed by atoms with Crippen molar-refractivity contribution in [2.45, 2.75) is 13.0 Å². The Balaban J connectivity index is 1.50. The van der Waals surface area contributed by atoms with Gasteiger partial charge in [-0.25, -0.2) is 0 Å². The van der Waals surface area contributed by atoms with E-state index in [0.29, 0.717) is 0 Å². The van der Waals surface area contributed by atoms with Gasteiger partial charge in [-0.15, -0.1) is 0 Å². The maximum atomic E-state index is 5.44. The van der Waals surface area contributed by atoms with Crippen LogP contribution in [-0.2, 0) is 17.7 Å². The molecule has 3 aromatic carbocycles. The first kappa shape index (κ1) is 16.8. The normalized spacial score (nSPS) is 14.8. The predicted octanol–water partition coefficient (Wildman–Crippen LogP) is 4.27. The van der Waals surface area contributed by atoms with Crippen LogP contribution in [0.4, 0.5) is 0 Å². The molecule has 4 rings (SSSR count). The van der Waals surface area contributed by atoms with Crippen LogP contribution in [0.5, 0.6) is 0 Å². The molecule has 2 nitrogen and oxygen atoms in total. The van der Waals surface area contributed by atoms with E-state index in [1.54, 1.807) is 0 Å². The second-order valence-electron chi connectivity index (χ2n) is 6.75. The van der Waals surface area contributed by atoms with Crippen LogP contribution >= 0.6 is 0 Å². The van der Waals surface area contributed by atoms with Crippen molar-refractivity contribution in [3.05, 3.63) is 83.4 Å². The lowest BCUT2D eigenvalue weighted by Gasteiger charge is -2.26. The Hall–Kier alpha value is -2.60. The second-order valence-corrected chi connectivity index (χ2v) is 6.75. The van der Waals surface area contributed by atoms with Crippen LogP contribution in [0.3, 0.4) is 0 Å². The highest BCUT2D eigenvalue weighted by Gasteiger charge is 2.10. The summed E-state index contributed by atoms with van der Waals surface area (Å²) < 4.78 is 5.44. The van der Waals surface area contributed by atoms with Crippen molar-refractivity contribution in [2.24, 2.45) is 0 Å². The highest BCUT2D eigenvalue weighted by molar-refractivity contribution is 5.84. The third-order valence-electron chi connectivity index (χ3n) is 4.78. The molecule has 1 aliphatic rings. The van der Waals surface area contributed by atoms with Gasteiger partial charge in [0.05, 0.1) is 13.2 Å². The van der Waals surface area contributed by atoms with Gasteiger partial charge in [-0.3, -0.25) is 4.90 Å². The first-order valence-electron chi connectivity index (χ1n) is 9.22. The molecule has 0 N–H and O–H groups in total. The molecule has 0 atom stereocenters. The lowest BCUT2D eigenvalue weighted by molar-refractivity contribution is 0.0342. The number of morpholine rings is 1. The summed E-state index contributed by atoms with van der Waals surface area (Å²) in [6.45, 7) is 4.71. The molecule has 1 saturated heterocycles. The van der Waals surface area contributed by atoms with Crippen molar-refractivity contribution >= 4 is 10.8 Å². The van der Waals surface area contributed by atoms with Gasteiger partial charge in [0.25, 0.3) is 0 Å². The molecule has 0 aliphatic carbocycles. The number of nitrogens with zero attached hydrogens (tertiary/aromatic N) is 1.